The molecule has 2 rings (SSSR count). The Labute approximate surface area is 142 Å². The third-order valence-corrected chi connectivity index (χ3v) is 4.61. The smallest absolute Gasteiger partial charge is 0.342 e. The van der Waals surface area contributed by atoms with Gasteiger partial charge < -0.3 is 19.7 Å². The van der Waals surface area contributed by atoms with Crippen molar-refractivity contribution in [1.29, 1.82) is 0 Å². The molecule has 1 aromatic rings. The van der Waals surface area contributed by atoms with Crippen LogP contribution in [0.1, 0.15) is 53.7 Å². The highest BCUT2D eigenvalue weighted by Crippen LogP contribution is 2.42. The van der Waals surface area contributed by atoms with Crippen LogP contribution in [0.4, 0.5) is 0 Å². The lowest BCUT2D eigenvalue weighted by molar-refractivity contribution is 0.0533. The molecule has 2 N–H and O–H groups in total. The minimum atomic E-state index is -0.496. The Bertz CT molecular complexity index is 728. The summed E-state index contributed by atoms with van der Waals surface area (Å²) in [7, 11) is 1.55. The first-order valence-corrected chi connectivity index (χ1v) is 7.88. The summed E-state index contributed by atoms with van der Waals surface area (Å²) in [4.78, 5) is 11.9. The largest absolute Gasteiger partial charge is 0.513 e. The fourth-order valence-electron chi connectivity index (χ4n) is 2.96. The van der Waals surface area contributed by atoms with Crippen molar-refractivity contribution in [2.45, 2.75) is 46.6 Å². The number of rotatable bonds is 6. The lowest BCUT2D eigenvalue weighted by atomic mass is 9.92. The highest BCUT2D eigenvalue weighted by molar-refractivity contribution is 5.98. The summed E-state index contributed by atoms with van der Waals surface area (Å²) in [5.41, 5.74) is 4.50. The van der Waals surface area contributed by atoms with Crippen LogP contribution in [-0.2, 0) is 17.8 Å². The number of allylic oxidation sites excluding steroid dienone is 3. The maximum atomic E-state index is 11.9. The van der Waals surface area contributed by atoms with E-state index in [9.17, 15) is 15.0 Å². The van der Waals surface area contributed by atoms with Crippen molar-refractivity contribution in [3.8, 4) is 11.5 Å². The number of methoxy groups -OCH3 is 1. The minimum absolute atomic E-state index is 0.0614. The highest BCUT2D eigenvalue weighted by atomic mass is 16.5. The molecule has 0 fully saturated rings. The number of carbonyl (C=O) groups is 1. The van der Waals surface area contributed by atoms with Crippen molar-refractivity contribution in [3.05, 3.63) is 45.7 Å². The van der Waals surface area contributed by atoms with Crippen LogP contribution < -0.4 is 4.74 Å². The fraction of sp³-hybridized carbons (Fsp3) is 0.421. The number of esters is 1. The number of cyclic esters (lactones) is 1. The van der Waals surface area contributed by atoms with Crippen molar-refractivity contribution >= 4 is 5.97 Å². The minimum Gasteiger partial charge on any atom is -0.513 e. The van der Waals surface area contributed by atoms with E-state index in [1.54, 1.807) is 7.11 Å². The van der Waals surface area contributed by atoms with Crippen molar-refractivity contribution in [2.75, 3.05) is 7.11 Å². The van der Waals surface area contributed by atoms with Crippen LogP contribution in [-0.4, -0.2) is 23.3 Å². The maximum absolute atomic E-state index is 11.9. The lowest BCUT2D eigenvalue weighted by Crippen LogP contribution is -2.04. The fourth-order valence-corrected chi connectivity index (χ4v) is 2.96. The van der Waals surface area contributed by atoms with Gasteiger partial charge in [-0.3, -0.25) is 0 Å². The summed E-state index contributed by atoms with van der Waals surface area (Å²) in [5.74, 6) is 0.181. The van der Waals surface area contributed by atoms with Crippen LogP contribution in [0.5, 0.6) is 11.5 Å². The molecule has 0 spiro atoms. The number of ether oxygens (including phenoxy) is 2. The zero-order chi connectivity index (χ0) is 18.0. The summed E-state index contributed by atoms with van der Waals surface area (Å²) in [5, 5.41) is 19.8. The summed E-state index contributed by atoms with van der Waals surface area (Å²) in [6.45, 7) is 9.47. The molecule has 1 aliphatic rings. The molecular formula is C19H24O5. The molecule has 0 atom stereocenters. The average molecular weight is 332 g/mol. The second kappa shape index (κ2) is 6.99. The third-order valence-electron chi connectivity index (χ3n) is 4.61. The topological polar surface area (TPSA) is 76.0 Å². The van der Waals surface area contributed by atoms with E-state index in [0.717, 1.165) is 16.7 Å². The number of aliphatic hydroxyl groups excluding tert-OH is 1. The summed E-state index contributed by atoms with van der Waals surface area (Å²) < 4.78 is 10.5. The molecule has 24 heavy (non-hydrogen) atoms. The number of hydrogen-bond donors (Lipinski definition) is 2. The molecule has 1 aromatic carbocycles. The molecule has 0 bridgehead atoms. The van der Waals surface area contributed by atoms with Gasteiger partial charge in [0.05, 0.1) is 12.9 Å². The average Bonchev–Trinajstić information content (AvgIpc) is 2.92. The molecule has 130 valence electrons. The van der Waals surface area contributed by atoms with E-state index in [1.807, 2.05) is 20.8 Å². The van der Waals surface area contributed by atoms with Gasteiger partial charge in [0.15, 0.2) is 0 Å². The van der Waals surface area contributed by atoms with Gasteiger partial charge in [0.1, 0.15) is 23.7 Å². The molecule has 5 nitrogen and oxygen atoms in total. The predicted octanol–water partition coefficient (Wildman–Crippen LogP) is 4.11. The molecule has 5 heteroatoms. The zero-order valence-corrected chi connectivity index (χ0v) is 14.7. The van der Waals surface area contributed by atoms with Gasteiger partial charge in [0, 0.05) is 24.0 Å². The molecule has 1 heterocycles. The molecule has 0 amide bonds. The van der Waals surface area contributed by atoms with Gasteiger partial charge in [-0.2, -0.15) is 0 Å². The van der Waals surface area contributed by atoms with Crippen LogP contribution >= 0.6 is 0 Å². The van der Waals surface area contributed by atoms with Crippen molar-refractivity contribution in [2.24, 2.45) is 0 Å². The molecule has 0 saturated heterocycles. The van der Waals surface area contributed by atoms with Crippen LogP contribution in [0.25, 0.3) is 0 Å². The number of hydrogen-bond acceptors (Lipinski definition) is 5. The van der Waals surface area contributed by atoms with Gasteiger partial charge in [-0.25, -0.2) is 4.79 Å². The predicted molar refractivity (Wildman–Crippen MR) is 91.6 cm³/mol. The van der Waals surface area contributed by atoms with E-state index in [-0.39, 0.29) is 23.7 Å². The second-order valence-electron chi connectivity index (χ2n) is 6.22. The number of phenols is 1. The molecule has 0 aliphatic carbocycles. The number of aliphatic hydroxyl groups is 1. The van der Waals surface area contributed by atoms with Gasteiger partial charge in [-0.15, -0.1) is 0 Å². The van der Waals surface area contributed by atoms with E-state index in [1.165, 1.54) is 0 Å². The van der Waals surface area contributed by atoms with Crippen molar-refractivity contribution in [3.63, 3.8) is 0 Å². The Kier molecular flexibility index (Phi) is 5.22. The van der Waals surface area contributed by atoms with Crippen LogP contribution in [0, 0.1) is 6.92 Å². The van der Waals surface area contributed by atoms with Crippen molar-refractivity contribution in [1.82, 2.24) is 0 Å². The van der Waals surface area contributed by atoms with Crippen LogP contribution in [0.3, 0.4) is 0 Å². The van der Waals surface area contributed by atoms with Crippen molar-refractivity contribution < 1.29 is 24.5 Å². The van der Waals surface area contributed by atoms with E-state index >= 15 is 0 Å². The van der Waals surface area contributed by atoms with Gasteiger partial charge in [-0.1, -0.05) is 17.7 Å². The van der Waals surface area contributed by atoms with Gasteiger partial charge in [-0.05, 0) is 32.8 Å². The van der Waals surface area contributed by atoms with Gasteiger partial charge in [0.25, 0.3) is 0 Å². The maximum Gasteiger partial charge on any atom is 0.342 e. The Morgan fingerprint density at radius 3 is 2.54 bits per heavy atom. The number of aromatic hydroxyl groups is 1. The first kappa shape index (κ1) is 17.9. The van der Waals surface area contributed by atoms with E-state index < -0.39 is 5.97 Å². The number of fused-ring (bicyclic) bond motifs is 1. The highest BCUT2D eigenvalue weighted by Gasteiger charge is 2.32. The Morgan fingerprint density at radius 1 is 1.29 bits per heavy atom. The Morgan fingerprint density at radius 2 is 1.96 bits per heavy atom. The second-order valence-corrected chi connectivity index (χ2v) is 6.22. The van der Waals surface area contributed by atoms with Crippen LogP contribution in [0.2, 0.25) is 0 Å². The monoisotopic (exact) mass is 332 g/mol. The first-order valence-electron chi connectivity index (χ1n) is 7.88. The molecule has 0 unspecified atom stereocenters. The lowest BCUT2D eigenvalue weighted by Gasteiger charge is -2.17. The number of benzene rings is 1. The normalized spacial score (nSPS) is 14.1. The number of carbonyl (C=O) groups excluding carboxylic acids is 1. The zero-order valence-electron chi connectivity index (χ0n) is 14.7. The van der Waals surface area contributed by atoms with Gasteiger partial charge >= 0.3 is 5.97 Å². The molecule has 0 aromatic heterocycles. The molecule has 0 saturated carbocycles. The van der Waals surface area contributed by atoms with E-state index in [4.69, 9.17) is 9.47 Å². The summed E-state index contributed by atoms with van der Waals surface area (Å²) >= 11 is 0. The Balaban J connectivity index is 2.45. The van der Waals surface area contributed by atoms with Crippen LogP contribution in [0.15, 0.2) is 23.5 Å². The molecule has 1 aliphatic heterocycles. The van der Waals surface area contributed by atoms with Gasteiger partial charge in [0.2, 0.25) is 0 Å². The van der Waals surface area contributed by atoms with E-state index in [0.29, 0.717) is 36.1 Å². The summed E-state index contributed by atoms with van der Waals surface area (Å²) in [6.07, 6.45) is 1.65. The SMILES string of the molecule is C=C(O)CC/C(C)=C(\C)Cc1c(O)c2c(c(C)c1OC)COC2=O. The van der Waals surface area contributed by atoms with E-state index in [2.05, 4.69) is 6.58 Å². The third kappa shape index (κ3) is 3.25. The Hall–Kier alpha value is -2.43. The number of phenolic OH excluding ortho intramolecular Hbond substituents is 1. The first-order chi connectivity index (χ1) is 11.3. The standard InChI is InChI=1S/C19H24O5/c1-10(6-7-12(3)20)11(2)8-14-17(21)16-15(9-24-19(16)22)13(4)18(14)23-5/h20-21H,3,6-9H2,1-2,4-5H3/b11-10+. The summed E-state index contributed by atoms with van der Waals surface area (Å²) in [6, 6.07) is 0. The molecule has 0 radical (unpaired) electrons. The molecular weight excluding hydrogens is 308 g/mol. The quantitative estimate of drug-likeness (QED) is 0.466.